The molecule has 2 N–H and O–H groups in total. The number of morpholine rings is 1. The highest BCUT2D eigenvalue weighted by atomic mass is 127. The van der Waals surface area contributed by atoms with Gasteiger partial charge in [0.2, 0.25) is 0 Å². The van der Waals surface area contributed by atoms with Gasteiger partial charge in [-0.15, -0.1) is 24.0 Å². The molecule has 2 unspecified atom stereocenters. The second-order valence-electron chi connectivity index (χ2n) is 7.68. The number of nitrogens with zero attached hydrogens (tertiary/aromatic N) is 3. The zero-order valence-electron chi connectivity index (χ0n) is 16.7. The Hall–Kier alpha value is -1.07. The van der Waals surface area contributed by atoms with Crippen LogP contribution in [0.4, 0.5) is 13.2 Å². The minimum atomic E-state index is -4.33. The first-order valence-corrected chi connectivity index (χ1v) is 9.88. The van der Waals surface area contributed by atoms with Crippen LogP contribution in [0.25, 0.3) is 0 Å². The number of aliphatic imine (C=N–C) groups is 1. The van der Waals surface area contributed by atoms with Gasteiger partial charge in [-0.25, -0.2) is 0 Å². The minimum Gasteiger partial charge on any atom is -0.379 e. The summed E-state index contributed by atoms with van der Waals surface area (Å²) in [6.07, 6.45) is -2.03. The Labute approximate surface area is 187 Å². The molecule has 0 spiro atoms. The predicted molar refractivity (Wildman–Crippen MR) is 118 cm³/mol. The summed E-state index contributed by atoms with van der Waals surface area (Å²) in [7, 11) is 0. The number of guanidine groups is 1. The van der Waals surface area contributed by atoms with Crippen LogP contribution in [0.1, 0.15) is 36.9 Å². The van der Waals surface area contributed by atoms with Gasteiger partial charge in [0, 0.05) is 26.2 Å². The third-order valence-corrected chi connectivity index (χ3v) is 5.52. The Balaban J connectivity index is 0.00000300. The Kier molecular flexibility index (Phi) is 9.02. The molecule has 2 aliphatic heterocycles. The first kappa shape index (κ1) is 24.2. The van der Waals surface area contributed by atoms with E-state index < -0.39 is 11.7 Å². The van der Waals surface area contributed by atoms with Crippen molar-refractivity contribution in [2.24, 2.45) is 16.6 Å². The van der Waals surface area contributed by atoms with Crippen molar-refractivity contribution >= 4 is 29.9 Å². The monoisotopic (exact) mass is 526 g/mol. The lowest BCUT2D eigenvalue weighted by Crippen LogP contribution is -2.44. The summed E-state index contributed by atoms with van der Waals surface area (Å²) in [6, 6.07) is 5.27. The van der Waals surface area contributed by atoms with E-state index in [1.165, 1.54) is 6.42 Å². The standard InChI is InChI=1S/C20H29F3N4O.HI/c1-15-3-2-8-27(14-15)19(24)25-13-18(26-9-11-28-12-10-26)16-4-6-17(7-5-16)20(21,22)23;/h4-7,15,18H,2-3,8-14H2,1H3,(H2,24,25);1H. The highest BCUT2D eigenvalue weighted by molar-refractivity contribution is 14.0. The van der Waals surface area contributed by atoms with Gasteiger partial charge in [-0.05, 0) is 36.5 Å². The molecule has 0 saturated carbocycles. The Morgan fingerprint density at radius 1 is 1.21 bits per heavy atom. The van der Waals surface area contributed by atoms with Crippen LogP contribution in [-0.4, -0.2) is 61.7 Å². The van der Waals surface area contributed by atoms with E-state index >= 15 is 0 Å². The fourth-order valence-electron chi connectivity index (χ4n) is 3.89. The van der Waals surface area contributed by atoms with Crippen LogP contribution in [-0.2, 0) is 10.9 Å². The summed E-state index contributed by atoms with van der Waals surface area (Å²) in [5.74, 6) is 1.11. The van der Waals surface area contributed by atoms with Gasteiger partial charge in [0.25, 0.3) is 0 Å². The van der Waals surface area contributed by atoms with Crippen LogP contribution in [0, 0.1) is 5.92 Å². The summed E-state index contributed by atoms with van der Waals surface area (Å²) in [5, 5.41) is 0. The molecular formula is C20H30F3IN4O. The molecule has 164 valence electrons. The van der Waals surface area contributed by atoms with Gasteiger partial charge in [0.1, 0.15) is 0 Å². The van der Waals surface area contributed by atoms with E-state index in [9.17, 15) is 13.2 Å². The number of likely N-dealkylation sites (tertiary alicyclic amines) is 1. The molecule has 5 nitrogen and oxygen atoms in total. The topological polar surface area (TPSA) is 54.1 Å². The van der Waals surface area contributed by atoms with Crippen molar-refractivity contribution in [2.75, 3.05) is 45.9 Å². The molecule has 1 aromatic rings. The van der Waals surface area contributed by atoms with E-state index in [1.54, 1.807) is 12.1 Å². The number of nitrogens with two attached hydrogens (primary N) is 1. The molecule has 29 heavy (non-hydrogen) atoms. The molecule has 3 rings (SSSR count). The summed E-state index contributed by atoms with van der Waals surface area (Å²) >= 11 is 0. The molecule has 0 amide bonds. The number of hydrogen-bond donors (Lipinski definition) is 1. The number of benzene rings is 1. The second kappa shape index (κ2) is 10.8. The smallest absolute Gasteiger partial charge is 0.379 e. The van der Waals surface area contributed by atoms with Crippen LogP contribution in [0.15, 0.2) is 29.3 Å². The van der Waals surface area contributed by atoms with Gasteiger partial charge >= 0.3 is 6.18 Å². The van der Waals surface area contributed by atoms with Crippen molar-refractivity contribution in [1.82, 2.24) is 9.80 Å². The summed E-state index contributed by atoms with van der Waals surface area (Å²) < 4.78 is 44.1. The minimum absolute atomic E-state index is 0. The van der Waals surface area contributed by atoms with E-state index in [4.69, 9.17) is 10.5 Å². The number of piperidine rings is 1. The maximum Gasteiger partial charge on any atom is 0.416 e. The van der Waals surface area contributed by atoms with Gasteiger partial charge < -0.3 is 15.4 Å². The SMILES string of the molecule is CC1CCCN(C(N)=NCC(c2ccc(C(F)(F)F)cc2)N2CCOCC2)C1.I. The average Bonchev–Trinajstić information content (AvgIpc) is 2.68. The Morgan fingerprint density at radius 3 is 2.45 bits per heavy atom. The molecule has 2 atom stereocenters. The molecule has 9 heteroatoms. The third kappa shape index (κ3) is 6.71. The fraction of sp³-hybridized carbons (Fsp3) is 0.650. The number of rotatable bonds is 4. The van der Waals surface area contributed by atoms with Gasteiger partial charge in [0.05, 0.1) is 31.4 Å². The molecule has 2 saturated heterocycles. The van der Waals surface area contributed by atoms with Crippen LogP contribution in [0.2, 0.25) is 0 Å². The summed E-state index contributed by atoms with van der Waals surface area (Å²) in [5.41, 5.74) is 6.41. The highest BCUT2D eigenvalue weighted by Crippen LogP contribution is 2.31. The van der Waals surface area contributed by atoms with Crippen molar-refractivity contribution in [2.45, 2.75) is 32.0 Å². The van der Waals surface area contributed by atoms with E-state index in [0.29, 0.717) is 31.6 Å². The number of alkyl halides is 3. The van der Waals surface area contributed by atoms with Crippen LogP contribution < -0.4 is 5.73 Å². The van der Waals surface area contributed by atoms with Crippen LogP contribution >= 0.6 is 24.0 Å². The van der Waals surface area contributed by atoms with Crippen molar-refractivity contribution in [1.29, 1.82) is 0 Å². The molecule has 0 radical (unpaired) electrons. The molecule has 0 aromatic heterocycles. The maximum absolute atomic E-state index is 12.9. The first-order valence-electron chi connectivity index (χ1n) is 9.88. The van der Waals surface area contributed by atoms with E-state index in [0.717, 1.165) is 50.3 Å². The van der Waals surface area contributed by atoms with E-state index in [-0.39, 0.29) is 30.0 Å². The lowest BCUT2D eigenvalue weighted by atomic mass is 10.0. The average molecular weight is 526 g/mol. The molecule has 2 heterocycles. The first-order chi connectivity index (χ1) is 13.3. The van der Waals surface area contributed by atoms with Crippen molar-refractivity contribution < 1.29 is 17.9 Å². The zero-order chi connectivity index (χ0) is 20.1. The Morgan fingerprint density at radius 2 is 1.86 bits per heavy atom. The number of ether oxygens (including phenoxy) is 1. The zero-order valence-corrected chi connectivity index (χ0v) is 19.0. The molecular weight excluding hydrogens is 496 g/mol. The number of halogens is 4. The van der Waals surface area contributed by atoms with Crippen molar-refractivity contribution in [3.05, 3.63) is 35.4 Å². The fourth-order valence-corrected chi connectivity index (χ4v) is 3.89. The summed E-state index contributed by atoms with van der Waals surface area (Å²) in [4.78, 5) is 8.94. The quantitative estimate of drug-likeness (QED) is 0.369. The van der Waals surface area contributed by atoms with Gasteiger partial charge in [-0.2, -0.15) is 13.2 Å². The van der Waals surface area contributed by atoms with Gasteiger partial charge in [-0.1, -0.05) is 19.1 Å². The van der Waals surface area contributed by atoms with E-state index in [1.807, 2.05) is 0 Å². The normalized spacial score (nSPS) is 22.8. The van der Waals surface area contributed by atoms with Crippen molar-refractivity contribution in [3.8, 4) is 0 Å². The molecule has 0 bridgehead atoms. The van der Waals surface area contributed by atoms with Crippen LogP contribution in [0.5, 0.6) is 0 Å². The third-order valence-electron chi connectivity index (χ3n) is 5.52. The highest BCUT2D eigenvalue weighted by Gasteiger charge is 2.31. The van der Waals surface area contributed by atoms with Gasteiger partial charge in [0.15, 0.2) is 5.96 Å². The van der Waals surface area contributed by atoms with Gasteiger partial charge in [-0.3, -0.25) is 9.89 Å². The molecule has 0 aliphatic carbocycles. The largest absolute Gasteiger partial charge is 0.416 e. The summed E-state index contributed by atoms with van der Waals surface area (Å²) in [6.45, 7) is 7.10. The predicted octanol–water partition coefficient (Wildman–Crippen LogP) is 3.74. The van der Waals surface area contributed by atoms with Crippen molar-refractivity contribution in [3.63, 3.8) is 0 Å². The molecule has 1 aromatic carbocycles. The van der Waals surface area contributed by atoms with Crippen LogP contribution in [0.3, 0.4) is 0 Å². The molecule has 2 aliphatic rings. The lowest BCUT2D eigenvalue weighted by molar-refractivity contribution is -0.137. The number of hydrogen-bond acceptors (Lipinski definition) is 3. The maximum atomic E-state index is 12.9. The second-order valence-corrected chi connectivity index (χ2v) is 7.68. The molecule has 2 fully saturated rings. The Bertz CT molecular complexity index is 663. The lowest BCUT2D eigenvalue weighted by Gasteiger charge is -2.35. The van der Waals surface area contributed by atoms with E-state index in [2.05, 4.69) is 21.7 Å².